The summed E-state index contributed by atoms with van der Waals surface area (Å²) in [6.45, 7) is 7.24. The number of rotatable bonds is 5. The average Bonchev–Trinajstić information content (AvgIpc) is 3.01. The molecule has 0 radical (unpaired) electrons. The molecule has 0 amide bonds. The minimum Gasteiger partial charge on any atom is -0.396 e. The molecule has 94 valence electrons. The molecule has 0 spiro atoms. The summed E-state index contributed by atoms with van der Waals surface area (Å²) in [6.07, 6.45) is 4.94. The van der Waals surface area contributed by atoms with Crippen molar-refractivity contribution in [3.63, 3.8) is 0 Å². The standard InChI is InChI=1S/C13H26N2O/c1-10(2)15-8-11(5-6-16)7-13(9-15)14-12-3-4-12/h10-14,16H,3-9H2,1-2H3. The topological polar surface area (TPSA) is 35.5 Å². The molecule has 1 saturated heterocycles. The van der Waals surface area contributed by atoms with Crippen molar-refractivity contribution in [1.82, 2.24) is 10.2 Å². The maximum absolute atomic E-state index is 9.08. The van der Waals surface area contributed by atoms with Crippen LogP contribution in [0.15, 0.2) is 0 Å². The molecule has 3 nitrogen and oxygen atoms in total. The van der Waals surface area contributed by atoms with E-state index in [-0.39, 0.29) is 0 Å². The molecule has 1 aliphatic heterocycles. The highest BCUT2D eigenvalue weighted by Crippen LogP contribution is 2.25. The Balaban J connectivity index is 1.86. The van der Waals surface area contributed by atoms with Gasteiger partial charge in [-0.2, -0.15) is 0 Å². The summed E-state index contributed by atoms with van der Waals surface area (Å²) < 4.78 is 0. The van der Waals surface area contributed by atoms with Crippen molar-refractivity contribution < 1.29 is 5.11 Å². The van der Waals surface area contributed by atoms with Gasteiger partial charge in [-0.15, -0.1) is 0 Å². The molecule has 2 atom stereocenters. The van der Waals surface area contributed by atoms with Crippen molar-refractivity contribution in [3.8, 4) is 0 Å². The first-order valence-corrected chi connectivity index (χ1v) is 6.80. The molecule has 3 heteroatoms. The zero-order chi connectivity index (χ0) is 11.5. The molecule has 2 rings (SSSR count). The van der Waals surface area contributed by atoms with Gasteiger partial charge in [0, 0.05) is 37.8 Å². The molecule has 2 N–H and O–H groups in total. The highest BCUT2D eigenvalue weighted by molar-refractivity contribution is 4.90. The molecule has 16 heavy (non-hydrogen) atoms. The van der Waals surface area contributed by atoms with Crippen LogP contribution >= 0.6 is 0 Å². The molecule has 0 aromatic carbocycles. The third-order valence-corrected chi connectivity index (χ3v) is 3.88. The maximum atomic E-state index is 9.08. The smallest absolute Gasteiger partial charge is 0.0434 e. The SMILES string of the molecule is CC(C)N1CC(CCO)CC(NC2CC2)C1. The number of nitrogens with one attached hydrogen (secondary N) is 1. The average molecular weight is 226 g/mol. The fourth-order valence-electron chi connectivity index (χ4n) is 2.76. The van der Waals surface area contributed by atoms with Crippen LogP contribution in [0.2, 0.25) is 0 Å². The first-order chi connectivity index (χ1) is 7.69. The van der Waals surface area contributed by atoms with Gasteiger partial charge in [-0.05, 0) is 45.4 Å². The number of aliphatic hydroxyl groups is 1. The van der Waals surface area contributed by atoms with Gasteiger partial charge >= 0.3 is 0 Å². The second kappa shape index (κ2) is 5.48. The first kappa shape index (κ1) is 12.3. The Morgan fingerprint density at radius 3 is 2.56 bits per heavy atom. The highest BCUT2D eigenvalue weighted by Gasteiger charge is 2.31. The quantitative estimate of drug-likeness (QED) is 0.740. The minimum atomic E-state index is 0.340. The summed E-state index contributed by atoms with van der Waals surface area (Å²) in [7, 11) is 0. The second-order valence-corrected chi connectivity index (χ2v) is 5.80. The lowest BCUT2D eigenvalue weighted by atomic mass is 9.91. The van der Waals surface area contributed by atoms with Crippen molar-refractivity contribution in [2.45, 2.75) is 57.7 Å². The molecule has 0 bridgehead atoms. The number of hydrogen-bond donors (Lipinski definition) is 2. The zero-order valence-corrected chi connectivity index (χ0v) is 10.7. The zero-order valence-electron chi connectivity index (χ0n) is 10.7. The van der Waals surface area contributed by atoms with Crippen LogP contribution in [0.5, 0.6) is 0 Å². The Labute approximate surface area is 99.2 Å². The first-order valence-electron chi connectivity index (χ1n) is 6.80. The Morgan fingerprint density at radius 1 is 1.25 bits per heavy atom. The monoisotopic (exact) mass is 226 g/mol. The van der Waals surface area contributed by atoms with Crippen LogP contribution in [0.4, 0.5) is 0 Å². The molecule has 2 fully saturated rings. The van der Waals surface area contributed by atoms with Crippen LogP contribution in [0.25, 0.3) is 0 Å². The predicted molar refractivity (Wildman–Crippen MR) is 66.5 cm³/mol. The van der Waals surface area contributed by atoms with Crippen molar-refractivity contribution in [2.24, 2.45) is 5.92 Å². The van der Waals surface area contributed by atoms with Gasteiger partial charge in [-0.25, -0.2) is 0 Å². The fraction of sp³-hybridized carbons (Fsp3) is 1.00. The Bertz CT molecular complexity index is 216. The van der Waals surface area contributed by atoms with E-state index in [2.05, 4.69) is 24.1 Å². The molecule has 1 aliphatic carbocycles. The van der Waals surface area contributed by atoms with Gasteiger partial charge in [0.1, 0.15) is 0 Å². The number of aliphatic hydroxyl groups excluding tert-OH is 1. The van der Waals surface area contributed by atoms with Crippen LogP contribution in [0.3, 0.4) is 0 Å². The van der Waals surface area contributed by atoms with E-state index in [1.165, 1.54) is 32.4 Å². The van der Waals surface area contributed by atoms with Crippen LogP contribution in [0, 0.1) is 5.92 Å². The second-order valence-electron chi connectivity index (χ2n) is 5.80. The van der Waals surface area contributed by atoms with E-state index in [4.69, 9.17) is 5.11 Å². The molecule has 2 aliphatic rings. The Kier molecular flexibility index (Phi) is 4.22. The van der Waals surface area contributed by atoms with Crippen molar-refractivity contribution in [2.75, 3.05) is 19.7 Å². The maximum Gasteiger partial charge on any atom is 0.0434 e. The highest BCUT2D eigenvalue weighted by atomic mass is 16.3. The Hall–Kier alpha value is -0.120. The summed E-state index contributed by atoms with van der Waals surface area (Å²) in [6, 6.07) is 2.08. The predicted octanol–water partition coefficient (Wildman–Crippen LogP) is 1.22. The summed E-state index contributed by atoms with van der Waals surface area (Å²) in [5, 5.41) is 12.8. The van der Waals surface area contributed by atoms with E-state index in [1.807, 2.05) is 0 Å². The van der Waals surface area contributed by atoms with Gasteiger partial charge in [0.05, 0.1) is 0 Å². The number of nitrogens with zero attached hydrogens (tertiary/aromatic N) is 1. The summed E-state index contributed by atoms with van der Waals surface area (Å²) >= 11 is 0. The van der Waals surface area contributed by atoms with Crippen molar-refractivity contribution >= 4 is 0 Å². The largest absolute Gasteiger partial charge is 0.396 e. The van der Waals surface area contributed by atoms with Gasteiger partial charge < -0.3 is 10.4 Å². The van der Waals surface area contributed by atoms with E-state index >= 15 is 0 Å². The molecule has 1 heterocycles. The molecule has 1 saturated carbocycles. The van der Waals surface area contributed by atoms with Gasteiger partial charge in [-0.3, -0.25) is 4.90 Å². The normalized spacial score (nSPS) is 32.2. The lowest BCUT2D eigenvalue weighted by molar-refractivity contribution is 0.0960. The minimum absolute atomic E-state index is 0.340. The molecule has 0 aromatic heterocycles. The molecular weight excluding hydrogens is 200 g/mol. The fourth-order valence-corrected chi connectivity index (χ4v) is 2.76. The summed E-state index contributed by atoms with van der Waals surface area (Å²) in [5.41, 5.74) is 0. The number of likely N-dealkylation sites (tertiary alicyclic amines) is 1. The van der Waals surface area contributed by atoms with Crippen LogP contribution in [0.1, 0.15) is 39.5 Å². The summed E-state index contributed by atoms with van der Waals surface area (Å²) in [4.78, 5) is 2.56. The van der Waals surface area contributed by atoms with Gasteiger partial charge in [-0.1, -0.05) is 0 Å². The molecule has 0 aromatic rings. The van der Waals surface area contributed by atoms with Crippen LogP contribution < -0.4 is 5.32 Å². The number of piperidine rings is 1. The van der Waals surface area contributed by atoms with Crippen LogP contribution in [-0.4, -0.2) is 47.8 Å². The molecular formula is C13H26N2O. The lowest BCUT2D eigenvalue weighted by Crippen LogP contribution is -2.52. The lowest BCUT2D eigenvalue weighted by Gasteiger charge is -2.40. The van der Waals surface area contributed by atoms with E-state index in [0.29, 0.717) is 24.6 Å². The summed E-state index contributed by atoms with van der Waals surface area (Å²) in [5.74, 6) is 0.678. The van der Waals surface area contributed by atoms with Gasteiger partial charge in [0.25, 0.3) is 0 Å². The molecule has 2 unspecified atom stereocenters. The van der Waals surface area contributed by atoms with Crippen molar-refractivity contribution in [1.29, 1.82) is 0 Å². The van der Waals surface area contributed by atoms with E-state index < -0.39 is 0 Å². The third kappa shape index (κ3) is 3.44. The van der Waals surface area contributed by atoms with Gasteiger partial charge in [0.2, 0.25) is 0 Å². The van der Waals surface area contributed by atoms with E-state index in [9.17, 15) is 0 Å². The van der Waals surface area contributed by atoms with E-state index in [1.54, 1.807) is 0 Å². The van der Waals surface area contributed by atoms with E-state index in [0.717, 1.165) is 12.5 Å². The Morgan fingerprint density at radius 2 is 2.00 bits per heavy atom. The van der Waals surface area contributed by atoms with Crippen molar-refractivity contribution in [3.05, 3.63) is 0 Å². The number of hydrogen-bond acceptors (Lipinski definition) is 3. The van der Waals surface area contributed by atoms with Crippen LogP contribution in [-0.2, 0) is 0 Å². The van der Waals surface area contributed by atoms with Gasteiger partial charge in [0.15, 0.2) is 0 Å². The third-order valence-electron chi connectivity index (χ3n) is 3.88.